The van der Waals surface area contributed by atoms with E-state index in [1.165, 1.54) is 0 Å². The molecule has 5 heteroatoms. The topological polar surface area (TPSA) is 58.2 Å². The maximum Gasteiger partial charge on any atom is 0.228 e. The smallest absolute Gasteiger partial charge is 0.228 e. The molecule has 1 atom stereocenters. The third-order valence-electron chi connectivity index (χ3n) is 3.45. The van der Waals surface area contributed by atoms with Gasteiger partial charge in [-0.15, -0.1) is 11.8 Å². The quantitative estimate of drug-likeness (QED) is 0.913. The fraction of sp³-hybridized carbons (Fsp3) is 0.176. The minimum absolute atomic E-state index is 0.0966. The summed E-state index contributed by atoms with van der Waals surface area (Å²) in [5, 5.41) is 5.73. The molecule has 0 saturated carbocycles. The molecule has 0 unspecified atom stereocenters. The Morgan fingerprint density at radius 2 is 1.86 bits per heavy atom. The second kappa shape index (κ2) is 6.66. The highest BCUT2D eigenvalue weighted by Gasteiger charge is 2.26. The van der Waals surface area contributed by atoms with Gasteiger partial charge in [0.2, 0.25) is 11.8 Å². The van der Waals surface area contributed by atoms with Gasteiger partial charge in [0.15, 0.2) is 0 Å². The molecule has 1 aliphatic heterocycles. The van der Waals surface area contributed by atoms with Crippen LogP contribution in [0.2, 0.25) is 0 Å². The molecule has 2 aromatic rings. The molecule has 22 heavy (non-hydrogen) atoms. The Bertz CT molecular complexity index is 688. The van der Waals surface area contributed by atoms with Crippen LogP contribution in [0.1, 0.15) is 6.42 Å². The van der Waals surface area contributed by atoms with Crippen molar-refractivity contribution >= 4 is 35.0 Å². The Labute approximate surface area is 133 Å². The van der Waals surface area contributed by atoms with Crippen LogP contribution in [-0.2, 0) is 9.59 Å². The second-order valence-electron chi connectivity index (χ2n) is 5.11. The fourth-order valence-corrected chi connectivity index (χ4v) is 3.40. The Hall–Kier alpha value is -2.27. The van der Waals surface area contributed by atoms with Crippen LogP contribution < -0.4 is 10.6 Å². The van der Waals surface area contributed by atoms with Crippen LogP contribution in [0.3, 0.4) is 0 Å². The van der Waals surface area contributed by atoms with E-state index >= 15 is 0 Å². The number of carbonyl (C=O) groups is 2. The highest BCUT2D eigenvalue weighted by atomic mass is 32.2. The number of anilines is 2. The average molecular weight is 312 g/mol. The molecule has 0 bridgehead atoms. The summed E-state index contributed by atoms with van der Waals surface area (Å²) in [6.07, 6.45) is 0.182. The van der Waals surface area contributed by atoms with E-state index in [0.29, 0.717) is 5.75 Å². The van der Waals surface area contributed by atoms with E-state index in [4.69, 9.17) is 0 Å². The lowest BCUT2D eigenvalue weighted by atomic mass is 10.1. The molecule has 4 nitrogen and oxygen atoms in total. The van der Waals surface area contributed by atoms with Crippen molar-refractivity contribution in [1.82, 2.24) is 0 Å². The third kappa shape index (κ3) is 3.49. The van der Waals surface area contributed by atoms with Crippen LogP contribution >= 0.6 is 11.8 Å². The molecule has 0 aromatic heterocycles. The SMILES string of the molecule is O=C(C[C@@H]1CSc2ccccc2NC1=O)Nc1ccccc1. The molecule has 0 radical (unpaired) electrons. The molecule has 0 saturated heterocycles. The Kier molecular flexibility index (Phi) is 4.44. The first-order valence-electron chi connectivity index (χ1n) is 7.10. The number of hydrogen-bond acceptors (Lipinski definition) is 3. The third-order valence-corrected chi connectivity index (χ3v) is 4.68. The van der Waals surface area contributed by atoms with E-state index in [0.717, 1.165) is 16.3 Å². The molecule has 112 valence electrons. The molecule has 1 aliphatic rings. The monoisotopic (exact) mass is 312 g/mol. The van der Waals surface area contributed by atoms with Crippen molar-refractivity contribution in [1.29, 1.82) is 0 Å². The summed E-state index contributed by atoms with van der Waals surface area (Å²) in [5.74, 6) is 0.0325. The van der Waals surface area contributed by atoms with Crippen molar-refractivity contribution in [2.45, 2.75) is 11.3 Å². The lowest BCUT2D eigenvalue weighted by Gasteiger charge is -2.12. The zero-order valence-corrected chi connectivity index (χ0v) is 12.7. The number of hydrogen-bond donors (Lipinski definition) is 2. The number of para-hydroxylation sites is 2. The Morgan fingerprint density at radius 3 is 2.68 bits per heavy atom. The van der Waals surface area contributed by atoms with Crippen molar-refractivity contribution < 1.29 is 9.59 Å². The molecular weight excluding hydrogens is 296 g/mol. The van der Waals surface area contributed by atoms with Crippen LogP contribution in [0.25, 0.3) is 0 Å². The number of carbonyl (C=O) groups excluding carboxylic acids is 2. The number of amides is 2. The summed E-state index contributed by atoms with van der Waals surface area (Å²) in [6.45, 7) is 0. The van der Waals surface area contributed by atoms with Gasteiger partial charge in [-0.05, 0) is 24.3 Å². The normalized spacial score (nSPS) is 17.1. The van der Waals surface area contributed by atoms with Gasteiger partial charge in [-0.2, -0.15) is 0 Å². The average Bonchev–Trinajstić information content (AvgIpc) is 2.68. The number of fused-ring (bicyclic) bond motifs is 1. The second-order valence-corrected chi connectivity index (χ2v) is 6.17. The van der Waals surface area contributed by atoms with Gasteiger partial charge in [-0.3, -0.25) is 9.59 Å². The number of nitrogens with one attached hydrogen (secondary N) is 2. The maximum atomic E-state index is 12.3. The lowest BCUT2D eigenvalue weighted by Crippen LogP contribution is -2.27. The molecule has 2 amide bonds. The van der Waals surface area contributed by atoms with Crippen LogP contribution in [0.4, 0.5) is 11.4 Å². The predicted octanol–water partition coefficient (Wildman–Crippen LogP) is 3.38. The van der Waals surface area contributed by atoms with E-state index in [-0.39, 0.29) is 24.2 Å². The van der Waals surface area contributed by atoms with Crippen LogP contribution in [0, 0.1) is 5.92 Å². The number of thioether (sulfide) groups is 1. The summed E-state index contributed by atoms with van der Waals surface area (Å²) >= 11 is 1.61. The number of benzene rings is 2. The Morgan fingerprint density at radius 1 is 1.14 bits per heavy atom. The maximum absolute atomic E-state index is 12.3. The van der Waals surface area contributed by atoms with Gasteiger partial charge in [-0.25, -0.2) is 0 Å². The summed E-state index contributed by atoms with van der Waals surface area (Å²) in [4.78, 5) is 25.4. The van der Waals surface area contributed by atoms with Gasteiger partial charge in [0.05, 0.1) is 11.6 Å². The standard InChI is InChI=1S/C17H16N2O2S/c20-16(18-13-6-2-1-3-7-13)10-12-11-22-15-9-5-4-8-14(15)19-17(12)21/h1-9,12H,10-11H2,(H,18,20)(H,19,21)/t12-/m1/s1. The van der Waals surface area contributed by atoms with E-state index in [9.17, 15) is 9.59 Å². The van der Waals surface area contributed by atoms with E-state index in [2.05, 4.69) is 10.6 Å². The summed E-state index contributed by atoms with van der Waals surface area (Å²) < 4.78 is 0. The minimum Gasteiger partial charge on any atom is -0.326 e. The van der Waals surface area contributed by atoms with Crippen molar-refractivity contribution in [3.8, 4) is 0 Å². The fourth-order valence-electron chi connectivity index (χ4n) is 2.31. The van der Waals surface area contributed by atoms with Crippen LogP contribution in [0.15, 0.2) is 59.5 Å². The summed E-state index contributed by atoms with van der Waals surface area (Å²) in [5.41, 5.74) is 1.57. The van der Waals surface area contributed by atoms with Gasteiger partial charge in [0, 0.05) is 22.8 Å². The molecule has 0 aliphatic carbocycles. The van der Waals surface area contributed by atoms with Gasteiger partial charge in [0.25, 0.3) is 0 Å². The van der Waals surface area contributed by atoms with Crippen molar-refractivity contribution in [2.75, 3.05) is 16.4 Å². The van der Waals surface area contributed by atoms with Gasteiger partial charge in [0.1, 0.15) is 0 Å². The van der Waals surface area contributed by atoms with Crippen molar-refractivity contribution in [2.24, 2.45) is 5.92 Å². The first-order chi connectivity index (χ1) is 10.7. The van der Waals surface area contributed by atoms with E-state index in [1.807, 2.05) is 54.6 Å². The largest absolute Gasteiger partial charge is 0.326 e. The highest BCUT2D eigenvalue weighted by Crippen LogP contribution is 2.33. The van der Waals surface area contributed by atoms with Crippen molar-refractivity contribution in [3.05, 3.63) is 54.6 Å². The summed E-state index contributed by atoms with van der Waals surface area (Å²) in [7, 11) is 0. The van der Waals surface area contributed by atoms with Crippen molar-refractivity contribution in [3.63, 3.8) is 0 Å². The predicted molar refractivity (Wildman–Crippen MR) is 89.0 cm³/mol. The molecule has 1 heterocycles. The van der Waals surface area contributed by atoms with Crippen LogP contribution in [-0.4, -0.2) is 17.6 Å². The van der Waals surface area contributed by atoms with Gasteiger partial charge < -0.3 is 10.6 Å². The summed E-state index contributed by atoms with van der Waals surface area (Å²) in [6, 6.07) is 17.0. The van der Waals surface area contributed by atoms with Gasteiger partial charge >= 0.3 is 0 Å². The zero-order valence-electron chi connectivity index (χ0n) is 11.9. The minimum atomic E-state index is -0.332. The van der Waals surface area contributed by atoms with E-state index in [1.54, 1.807) is 11.8 Å². The molecule has 0 spiro atoms. The molecular formula is C17H16N2O2S. The first kappa shape index (κ1) is 14.7. The highest BCUT2D eigenvalue weighted by molar-refractivity contribution is 7.99. The zero-order chi connectivity index (χ0) is 15.4. The Balaban J connectivity index is 1.64. The molecule has 0 fully saturated rings. The van der Waals surface area contributed by atoms with E-state index < -0.39 is 0 Å². The van der Waals surface area contributed by atoms with Crippen LogP contribution in [0.5, 0.6) is 0 Å². The molecule has 2 N–H and O–H groups in total. The molecule has 2 aromatic carbocycles. The lowest BCUT2D eigenvalue weighted by molar-refractivity contribution is -0.124. The molecule has 3 rings (SSSR count). The number of rotatable bonds is 3. The first-order valence-corrected chi connectivity index (χ1v) is 8.08. The van der Waals surface area contributed by atoms with Gasteiger partial charge in [-0.1, -0.05) is 30.3 Å².